The number of rotatable bonds is 7. The van der Waals surface area contributed by atoms with Crippen LogP contribution in [0.2, 0.25) is 0 Å². The lowest BCUT2D eigenvalue weighted by Gasteiger charge is -2.22. The molecule has 7 nitrogen and oxygen atoms in total. The van der Waals surface area contributed by atoms with Gasteiger partial charge in [0.25, 0.3) is 5.91 Å². The van der Waals surface area contributed by atoms with E-state index in [9.17, 15) is 19.2 Å². The maximum Gasteiger partial charge on any atom is 0.255 e. The van der Waals surface area contributed by atoms with Crippen molar-refractivity contribution in [1.82, 2.24) is 0 Å². The summed E-state index contributed by atoms with van der Waals surface area (Å²) in [6.07, 6.45) is 9.94. The van der Waals surface area contributed by atoms with Crippen molar-refractivity contribution >= 4 is 40.6 Å². The third-order valence-electron chi connectivity index (χ3n) is 7.21. The molecular formula is C29H35N3O4. The number of nitrogens with one attached hydrogen (secondary N) is 3. The van der Waals surface area contributed by atoms with Gasteiger partial charge in [-0.1, -0.05) is 50.7 Å². The summed E-state index contributed by atoms with van der Waals surface area (Å²) in [5.74, 6) is -0.655. The summed E-state index contributed by atoms with van der Waals surface area (Å²) in [7, 11) is 0. The first-order valence-corrected chi connectivity index (χ1v) is 13.1. The summed E-state index contributed by atoms with van der Waals surface area (Å²) in [6.45, 7) is 1.47. The summed E-state index contributed by atoms with van der Waals surface area (Å²) in [4.78, 5) is 50.7. The first-order valence-electron chi connectivity index (χ1n) is 13.1. The lowest BCUT2D eigenvalue weighted by molar-refractivity contribution is -0.121. The van der Waals surface area contributed by atoms with Gasteiger partial charge in [-0.25, -0.2) is 0 Å². The normalized spacial score (nSPS) is 16.7. The zero-order valence-corrected chi connectivity index (χ0v) is 20.9. The molecule has 0 spiro atoms. The number of hydrogen-bond donors (Lipinski definition) is 3. The largest absolute Gasteiger partial charge is 0.326 e. The highest BCUT2D eigenvalue weighted by atomic mass is 16.2. The van der Waals surface area contributed by atoms with Crippen LogP contribution in [0.15, 0.2) is 42.5 Å². The first-order chi connectivity index (χ1) is 17.4. The summed E-state index contributed by atoms with van der Waals surface area (Å²) >= 11 is 0. The number of anilines is 3. The van der Waals surface area contributed by atoms with E-state index in [2.05, 4.69) is 16.0 Å². The molecule has 3 amide bonds. The highest BCUT2D eigenvalue weighted by Gasteiger charge is 2.24. The van der Waals surface area contributed by atoms with E-state index < -0.39 is 5.91 Å². The van der Waals surface area contributed by atoms with E-state index in [1.54, 1.807) is 42.5 Å². The van der Waals surface area contributed by atoms with E-state index in [0.29, 0.717) is 28.2 Å². The molecule has 0 unspecified atom stereocenters. The molecule has 2 aliphatic rings. The average Bonchev–Trinajstić information content (AvgIpc) is 2.89. The first kappa shape index (κ1) is 25.6. The van der Waals surface area contributed by atoms with Crippen LogP contribution < -0.4 is 16.0 Å². The van der Waals surface area contributed by atoms with Gasteiger partial charge in [0.15, 0.2) is 5.78 Å². The minimum Gasteiger partial charge on any atom is -0.326 e. The lowest BCUT2D eigenvalue weighted by atomic mass is 9.88. The van der Waals surface area contributed by atoms with Gasteiger partial charge in [-0.15, -0.1) is 0 Å². The summed E-state index contributed by atoms with van der Waals surface area (Å²) < 4.78 is 0. The van der Waals surface area contributed by atoms with Gasteiger partial charge in [-0.2, -0.15) is 0 Å². The van der Waals surface area contributed by atoms with Crippen molar-refractivity contribution in [2.24, 2.45) is 11.8 Å². The third-order valence-corrected chi connectivity index (χ3v) is 7.21. The fourth-order valence-electron chi connectivity index (χ4n) is 5.14. The monoisotopic (exact) mass is 489 g/mol. The number of carbonyl (C=O) groups excluding carboxylic acids is 4. The van der Waals surface area contributed by atoms with E-state index in [0.717, 1.165) is 64.2 Å². The molecule has 0 atom stereocenters. The van der Waals surface area contributed by atoms with Gasteiger partial charge in [0.05, 0.1) is 0 Å². The van der Waals surface area contributed by atoms with E-state index in [1.807, 2.05) is 0 Å². The molecule has 7 heteroatoms. The molecule has 2 fully saturated rings. The van der Waals surface area contributed by atoms with Crippen molar-refractivity contribution in [3.63, 3.8) is 0 Å². The average molecular weight is 490 g/mol. The number of amides is 3. The number of Topliss-reactive ketones (excluding diaryl/α,β-unsaturated/α-hetero) is 1. The van der Waals surface area contributed by atoms with Crippen LogP contribution in [0.25, 0.3) is 0 Å². The third kappa shape index (κ3) is 6.80. The molecule has 0 heterocycles. The molecule has 3 N–H and O–H groups in total. The Morgan fingerprint density at radius 2 is 1.11 bits per heavy atom. The smallest absolute Gasteiger partial charge is 0.255 e. The molecule has 36 heavy (non-hydrogen) atoms. The van der Waals surface area contributed by atoms with Crippen LogP contribution in [0, 0.1) is 11.8 Å². The molecule has 2 aromatic carbocycles. The van der Waals surface area contributed by atoms with Gasteiger partial charge < -0.3 is 16.0 Å². The molecule has 0 aromatic heterocycles. The molecule has 0 saturated heterocycles. The van der Waals surface area contributed by atoms with Crippen LogP contribution in [0.3, 0.4) is 0 Å². The summed E-state index contributed by atoms with van der Waals surface area (Å²) in [5.41, 5.74) is 2.27. The number of ketones is 1. The second kappa shape index (κ2) is 12.0. The van der Waals surface area contributed by atoms with Crippen LogP contribution in [-0.4, -0.2) is 23.5 Å². The Balaban J connectivity index is 1.56. The number of carbonyl (C=O) groups is 4. The van der Waals surface area contributed by atoms with Crippen LogP contribution in [0.5, 0.6) is 0 Å². The van der Waals surface area contributed by atoms with E-state index in [-0.39, 0.29) is 29.4 Å². The molecule has 0 aliphatic heterocycles. The van der Waals surface area contributed by atoms with Crippen LogP contribution in [-0.2, 0) is 9.59 Å². The predicted octanol–water partition coefficient (Wildman–Crippen LogP) is 6.18. The maximum absolute atomic E-state index is 13.2. The fourth-order valence-corrected chi connectivity index (χ4v) is 5.14. The standard InChI is InChI=1S/C29H35N3O4/c1-19(33)22-13-8-14-24(15-22)30-29(36)23-16-25(31-27(34)20-9-4-2-5-10-20)18-26(17-23)32-28(35)21-11-6-3-7-12-21/h8,13-18,20-21H,2-7,9-12H2,1H3,(H,30,36)(H,31,34)(H,32,35). The molecule has 2 aromatic rings. The van der Waals surface area contributed by atoms with Crippen LogP contribution in [0.4, 0.5) is 17.1 Å². The van der Waals surface area contributed by atoms with Crippen molar-refractivity contribution in [3.05, 3.63) is 53.6 Å². The maximum atomic E-state index is 13.2. The Hall–Kier alpha value is -3.48. The minimum absolute atomic E-state index is 0.0363. The molecule has 2 aliphatic carbocycles. The van der Waals surface area contributed by atoms with Crippen molar-refractivity contribution in [2.75, 3.05) is 16.0 Å². The number of benzene rings is 2. The molecule has 2 saturated carbocycles. The molecular weight excluding hydrogens is 454 g/mol. The fraction of sp³-hybridized carbons (Fsp3) is 0.448. The van der Waals surface area contributed by atoms with Crippen molar-refractivity contribution in [2.45, 2.75) is 71.1 Å². The Morgan fingerprint density at radius 1 is 0.611 bits per heavy atom. The van der Waals surface area contributed by atoms with E-state index in [1.165, 1.54) is 6.92 Å². The minimum atomic E-state index is -0.391. The quantitative estimate of drug-likeness (QED) is 0.404. The summed E-state index contributed by atoms with van der Waals surface area (Å²) in [6, 6.07) is 11.7. The SMILES string of the molecule is CC(=O)c1cccc(NC(=O)c2cc(NC(=O)C3CCCCC3)cc(NC(=O)C3CCCCC3)c2)c1. The van der Waals surface area contributed by atoms with Gasteiger partial charge in [0.2, 0.25) is 11.8 Å². The van der Waals surface area contributed by atoms with Crippen molar-refractivity contribution in [1.29, 1.82) is 0 Å². The van der Waals surface area contributed by atoms with Crippen molar-refractivity contribution in [3.8, 4) is 0 Å². The molecule has 0 radical (unpaired) electrons. The second-order valence-corrected chi connectivity index (χ2v) is 10.0. The Labute approximate surface area is 212 Å². The van der Waals surface area contributed by atoms with Gasteiger partial charge in [-0.05, 0) is 62.9 Å². The Bertz CT molecular complexity index is 1080. The molecule has 190 valence electrons. The highest BCUT2D eigenvalue weighted by Crippen LogP contribution is 2.28. The Morgan fingerprint density at radius 3 is 1.61 bits per heavy atom. The van der Waals surface area contributed by atoms with Gasteiger partial charge in [0, 0.05) is 40.0 Å². The van der Waals surface area contributed by atoms with Gasteiger partial charge in [-0.3, -0.25) is 19.2 Å². The molecule has 0 bridgehead atoms. The highest BCUT2D eigenvalue weighted by molar-refractivity contribution is 6.07. The lowest BCUT2D eigenvalue weighted by Crippen LogP contribution is -2.26. The van der Waals surface area contributed by atoms with Gasteiger partial charge >= 0.3 is 0 Å². The topological polar surface area (TPSA) is 104 Å². The zero-order chi connectivity index (χ0) is 25.5. The van der Waals surface area contributed by atoms with E-state index in [4.69, 9.17) is 0 Å². The second-order valence-electron chi connectivity index (χ2n) is 10.0. The predicted molar refractivity (Wildman–Crippen MR) is 141 cm³/mol. The molecule has 4 rings (SSSR count). The van der Waals surface area contributed by atoms with Crippen LogP contribution >= 0.6 is 0 Å². The van der Waals surface area contributed by atoms with Gasteiger partial charge in [0.1, 0.15) is 0 Å². The van der Waals surface area contributed by atoms with Crippen molar-refractivity contribution < 1.29 is 19.2 Å². The van der Waals surface area contributed by atoms with E-state index >= 15 is 0 Å². The Kier molecular flexibility index (Phi) is 8.52. The number of hydrogen-bond acceptors (Lipinski definition) is 4. The van der Waals surface area contributed by atoms with Crippen LogP contribution in [0.1, 0.15) is 91.8 Å². The summed E-state index contributed by atoms with van der Waals surface area (Å²) in [5, 5.41) is 8.77. The zero-order valence-electron chi connectivity index (χ0n) is 20.9.